The molecule has 0 aliphatic carbocycles. The predicted octanol–water partition coefficient (Wildman–Crippen LogP) is 3.08. The maximum atomic E-state index is 12.3. The van der Waals surface area contributed by atoms with Crippen LogP contribution in [0.3, 0.4) is 0 Å². The van der Waals surface area contributed by atoms with Crippen LogP contribution in [0.5, 0.6) is 11.5 Å². The van der Waals surface area contributed by atoms with Crippen molar-refractivity contribution in [2.45, 2.75) is 32.2 Å². The quantitative estimate of drug-likeness (QED) is 0.762. The molecule has 1 saturated heterocycles. The number of carbonyl (C=O) groups excluding carboxylic acids is 2. The fourth-order valence-electron chi connectivity index (χ4n) is 3.31. The molecule has 1 N–H and O–H groups in total. The van der Waals surface area contributed by atoms with Gasteiger partial charge in [0.15, 0.2) is 0 Å². The van der Waals surface area contributed by atoms with Gasteiger partial charge in [0.05, 0.1) is 14.2 Å². The van der Waals surface area contributed by atoms with Crippen LogP contribution in [0, 0.1) is 0 Å². The van der Waals surface area contributed by atoms with Gasteiger partial charge < -0.3 is 19.7 Å². The van der Waals surface area contributed by atoms with Gasteiger partial charge in [0.1, 0.15) is 11.5 Å². The van der Waals surface area contributed by atoms with Gasteiger partial charge in [-0.25, -0.2) is 0 Å². The first-order chi connectivity index (χ1) is 13.6. The summed E-state index contributed by atoms with van der Waals surface area (Å²) in [6.07, 6.45) is 2.48. The van der Waals surface area contributed by atoms with Gasteiger partial charge in [0, 0.05) is 37.7 Å². The van der Waals surface area contributed by atoms with Crippen LogP contribution < -0.4 is 19.7 Å². The number of carbonyl (C=O) groups is 2. The van der Waals surface area contributed by atoms with Crippen molar-refractivity contribution in [1.29, 1.82) is 0 Å². The summed E-state index contributed by atoms with van der Waals surface area (Å²) in [6, 6.07) is 13.4. The molecule has 1 aliphatic heterocycles. The van der Waals surface area contributed by atoms with Crippen molar-refractivity contribution in [1.82, 2.24) is 5.32 Å². The zero-order chi connectivity index (χ0) is 19.9. The molecule has 0 saturated carbocycles. The highest BCUT2D eigenvalue weighted by molar-refractivity contribution is 5.95. The second-order valence-electron chi connectivity index (χ2n) is 6.82. The highest BCUT2D eigenvalue weighted by atomic mass is 16.5. The number of nitrogens with zero attached hydrogens (tertiary/aromatic N) is 1. The third-order valence-electron chi connectivity index (χ3n) is 4.84. The highest BCUT2D eigenvalue weighted by Crippen LogP contribution is 2.24. The van der Waals surface area contributed by atoms with Crippen LogP contribution in [-0.2, 0) is 22.6 Å². The topological polar surface area (TPSA) is 67.9 Å². The van der Waals surface area contributed by atoms with Crippen LogP contribution in [-0.4, -0.2) is 32.6 Å². The number of rotatable bonds is 8. The van der Waals surface area contributed by atoms with E-state index in [1.165, 1.54) is 0 Å². The van der Waals surface area contributed by atoms with Gasteiger partial charge in [0.25, 0.3) is 0 Å². The minimum absolute atomic E-state index is 0.0237. The van der Waals surface area contributed by atoms with E-state index in [1.54, 1.807) is 14.2 Å². The molecule has 2 amide bonds. The van der Waals surface area contributed by atoms with Crippen molar-refractivity contribution in [3.05, 3.63) is 53.6 Å². The Labute approximate surface area is 165 Å². The molecule has 0 aromatic heterocycles. The lowest BCUT2D eigenvalue weighted by Gasteiger charge is -2.16. The molecule has 2 aromatic carbocycles. The zero-order valence-corrected chi connectivity index (χ0v) is 16.4. The molecular formula is C22H26N2O4. The molecule has 1 fully saturated rings. The number of benzene rings is 2. The maximum absolute atomic E-state index is 12.3. The predicted molar refractivity (Wildman–Crippen MR) is 108 cm³/mol. The van der Waals surface area contributed by atoms with E-state index in [-0.39, 0.29) is 11.8 Å². The first kappa shape index (κ1) is 19.7. The number of hydrogen-bond acceptors (Lipinski definition) is 4. The first-order valence-corrected chi connectivity index (χ1v) is 9.47. The third kappa shape index (κ3) is 5.03. The Morgan fingerprint density at radius 2 is 1.82 bits per heavy atom. The molecule has 0 spiro atoms. The van der Waals surface area contributed by atoms with E-state index in [0.29, 0.717) is 37.3 Å². The van der Waals surface area contributed by atoms with Crippen LogP contribution in [0.2, 0.25) is 0 Å². The fourth-order valence-corrected chi connectivity index (χ4v) is 3.31. The summed E-state index contributed by atoms with van der Waals surface area (Å²) >= 11 is 0. The van der Waals surface area contributed by atoms with Crippen LogP contribution in [0.25, 0.3) is 0 Å². The minimum atomic E-state index is -0.0237. The average Bonchev–Trinajstić information content (AvgIpc) is 3.16. The Balaban J connectivity index is 1.53. The average molecular weight is 382 g/mol. The van der Waals surface area contributed by atoms with Gasteiger partial charge in [0.2, 0.25) is 11.8 Å². The SMILES string of the molecule is COc1cc(CCC(=O)NCc2cccc(N3CCCC3=O)c2)cc(OC)c1. The second-order valence-corrected chi connectivity index (χ2v) is 6.82. The van der Waals surface area contributed by atoms with Crippen LogP contribution in [0.15, 0.2) is 42.5 Å². The van der Waals surface area contributed by atoms with Gasteiger partial charge in [-0.15, -0.1) is 0 Å². The summed E-state index contributed by atoms with van der Waals surface area (Å²) in [6.45, 7) is 1.20. The van der Waals surface area contributed by atoms with E-state index in [9.17, 15) is 9.59 Å². The Morgan fingerprint density at radius 3 is 2.46 bits per heavy atom. The normalized spacial score (nSPS) is 13.5. The van der Waals surface area contributed by atoms with E-state index in [1.807, 2.05) is 47.4 Å². The van der Waals surface area contributed by atoms with Crippen molar-refractivity contribution >= 4 is 17.5 Å². The molecule has 3 rings (SSSR count). The summed E-state index contributed by atoms with van der Waals surface area (Å²) < 4.78 is 10.5. The summed E-state index contributed by atoms with van der Waals surface area (Å²) in [5.74, 6) is 1.56. The van der Waals surface area contributed by atoms with Gasteiger partial charge in [-0.05, 0) is 48.2 Å². The third-order valence-corrected chi connectivity index (χ3v) is 4.84. The molecule has 1 aliphatic rings. The summed E-state index contributed by atoms with van der Waals surface area (Å²) in [7, 11) is 3.21. The van der Waals surface area contributed by atoms with Gasteiger partial charge in [-0.3, -0.25) is 9.59 Å². The molecule has 0 bridgehead atoms. The Morgan fingerprint density at radius 1 is 1.07 bits per heavy atom. The number of nitrogens with one attached hydrogen (secondary N) is 1. The van der Waals surface area contributed by atoms with Crippen molar-refractivity contribution in [2.75, 3.05) is 25.7 Å². The van der Waals surface area contributed by atoms with Gasteiger partial charge >= 0.3 is 0 Å². The number of hydrogen-bond donors (Lipinski definition) is 1. The number of anilines is 1. The van der Waals surface area contributed by atoms with Crippen LogP contribution in [0.1, 0.15) is 30.4 Å². The second kappa shape index (κ2) is 9.26. The molecule has 6 heteroatoms. The summed E-state index contributed by atoms with van der Waals surface area (Å²) in [4.78, 5) is 26.0. The van der Waals surface area contributed by atoms with E-state index in [4.69, 9.17) is 9.47 Å². The van der Waals surface area contributed by atoms with E-state index in [2.05, 4.69) is 5.32 Å². The smallest absolute Gasteiger partial charge is 0.227 e. The zero-order valence-electron chi connectivity index (χ0n) is 16.4. The number of aryl methyl sites for hydroxylation is 1. The number of ether oxygens (including phenoxy) is 2. The fraction of sp³-hybridized carbons (Fsp3) is 0.364. The van der Waals surface area contributed by atoms with E-state index in [0.717, 1.165) is 29.8 Å². The number of methoxy groups -OCH3 is 2. The molecule has 28 heavy (non-hydrogen) atoms. The first-order valence-electron chi connectivity index (χ1n) is 9.47. The van der Waals surface area contributed by atoms with Gasteiger partial charge in [-0.1, -0.05) is 12.1 Å². The molecule has 1 heterocycles. The van der Waals surface area contributed by atoms with Crippen molar-refractivity contribution < 1.29 is 19.1 Å². The highest BCUT2D eigenvalue weighted by Gasteiger charge is 2.21. The standard InChI is InChI=1S/C22H26N2O4/c1-27-19-12-16(13-20(14-19)28-2)8-9-21(25)23-15-17-5-3-6-18(11-17)24-10-4-7-22(24)26/h3,5-6,11-14H,4,7-10,15H2,1-2H3,(H,23,25). The van der Waals surface area contributed by atoms with E-state index >= 15 is 0 Å². The monoisotopic (exact) mass is 382 g/mol. The minimum Gasteiger partial charge on any atom is -0.497 e. The summed E-state index contributed by atoms with van der Waals surface area (Å²) in [5.41, 5.74) is 2.87. The Hall–Kier alpha value is -3.02. The van der Waals surface area contributed by atoms with Crippen LogP contribution in [0.4, 0.5) is 5.69 Å². The Bertz CT molecular complexity index is 828. The molecule has 6 nitrogen and oxygen atoms in total. The van der Waals surface area contributed by atoms with Crippen LogP contribution >= 0.6 is 0 Å². The number of amides is 2. The maximum Gasteiger partial charge on any atom is 0.227 e. The van der Waals surface area contributed by atoms with Crippen molar-refractivity contribution in [3.8, 4) is 11.5 Å². The molecule has 0 atom stereocenters. The molecular weight excluding hydrogens is 356 g/mol. The lowest BCUT2D eigenvalue weighted by atomic mass is 10.1. The summed E-state index contributed by atoms with van der Waals surface area (Å²) in [5, 5.41) is 2.95. The largest absolute Gasteiger partial charge is 0.497 e. The lowest BCUT2D eigenvalue weighted by Crippen LogP contribution is -2.25. The van der Waals surface area contributed by atoms with Gasteiger partial charge in [-0.2, -0.15) is 0 Å². The molecule has 148 valence electrons. The van der Waals surface area contributed by atoms with Crippen molar-refractivity contribution in [3.63, 3.8) is 0 Å². The Kier molecular flexibility index (Phi) is 6.53. The lowest BCUT2D eigenvalue weighted by molar-refractivity contribution is -0.121. The van der Waals surface area contributed by atoms with Crippen molar-refractivity contribution in [2.24, 2.45) is 0 Å². The molecule has 0 unspecified atom stereocenters. The van der Waals surface area contributed by atoms with E-state index < -0.39 is 0 Å². The molecule has 0 radical (unpaired) electrons. The molecule has 2 aromatic rings.